The van der Waals surface area contributed by atoms with Gasteiger partial charge in [-0.1, -0.05) is 54.6 Å². The predicted octanol–water partition coefficient (Wildman–Crippen LogP) is -7.58. The van der Waals surface area contributed by atoms with Crippen LogP contribution in [0.15, 0.2) is 101 Å². The number of benzene rings is 3. The summed E-state index contributed by atoms with van der Waals surface area (Å²) >= 11 is 0. The van der Waals surface area contributed by atoms with E-state index in [0.29, 0.717) is 0 Å². The Morgan fingerprint density at radius 1 is 0.362 bits per heavy atom. The molecule has 3 aromatic rings. The van der Waals surface area contributed by atoms with Crippen LogP contribution in [0.3, 0.4) is 0 Å². The van der Waals surface area contributed by atoms with Crippen molar-refractivity contribution in [1.82, 2.24) is 0 Å². The van der Waals surface area contributed by atoms with Crippen LogP contribution < -0.4 is 15.3 Å². The first-order valence-corrected chi connectivity index (χ1v) is 20.0. The third kappa shape index (κ3) is 27.0. The fourth-order valence-electron chi connectivity index (χ4n) is 3.23. The minimum atomic E-state index is -5.17. The summed E-state index contributed by atoms with van der Waals surface area (Å²) in [5.41, 5.74) is 0.493. The summed E-state index contributed by atoms with van der Waals surface area (Å²) in [5, 5.41) is 32.8. The molecule has 8 radical (unpaired) electrons. The van der Waals surface area contributed by atoms with E-state index >= 15 is 0 Å². The van der Waals surface area contributed by atoms with E-state index in [-0.39, 0.29) is 153 Å². The molecule has 0 saturated heterocycles. The molecule has 37 heteroatoms. The van der Waals surface area contributed by atoms with Gasteiger partial charge in [0.1, 0.15) is 0 Å². The van der Waals surface area contributed by atoms with Crippen LogP contribution in [0.2, 0.25) is 0 Å². The zero-order valence-corrected chi connectivity index (χ0v) is 45.7. The predicted molar refractivity (Wildman–Crippen MR) is 181 cm³/mol. The second-order valence-electron chi connectivity index (χ2n) is 8.33. The zero-order valence-electron chi connectivity index (χ0n) is 26.9. The van der Waals surface area contributed by atoms with E-state index in [1.54, 1.807) is 36.4 Å². The van der Waals surface area contributed by atoms with Gasteiger partial charge in [0.15, 0.2) is 0 Å². The van der Waals surface area contributed by atoms with Gasteiger partial charge in [-0.3, -0.25) is 25.3 Å². The standard InChI is InChI=1S/3C7H5NO3S.4Bi.3H2O4S.3H2O/c3*9-7-5-3-1-2-4-6(5)12(10,11)8-7;;;;;3*1-5(2,3)4;;;/h3*1-4H,(H,8,9);;;;;3*(H2,1,2,3,4);3*1H2/q;;;4*+3;;;;;;/p-12. The van der Waals surface area contributed by atoms with Gasteiger partial charge in [0, 0.05) is 65.6 Å². The summed E-state index contributed by atoms with van der Waals surface area (Å²) in [6.45, 7) is 0. The van der Waals surface area contributed by atoms with Gasteiger partial charge in [-0.25, -0.2) is 0 Å². The van der Waals surface area contributed by atoms with Crippen molar-refractivity contribution >= 4 is 184 Å². The largest absolute Gasteiger partial charge is 3.00 e. The molecule has 3 aromatic carbocycles. The first-order valence-electron chi connectivity index (χ1n) is 11.7. The molecule has 0 atom stereocenters. The minimum absolute atomic E-state index is 0. The smallest absolute Gasteiger partial charge is 0.870 e. The van der Waals surface area contributed by atoms with Crippen molar-refractivity contribution in [2.45, 2.75) is 14.7 Å². The Morgan fingerprint density at radius 3 is 0.638 bits per heavy atom. The summed E-state index contributed by atoms with van der Waals surface area (Å²) < 4.78 is 178. The van der Waals surface area contributed by atoms with Gasteiger partial charge in [-0.05, 0) is 18.2 Å². The summed E-state index contributed by atoms with van der Waals surface area (Å²) in [6.07, 6.45) is 0. The average molecular weight is 1720 g/mol. The summed E-state index contributed by atoms with van der Waals surface area (Å²) in [4.78, 5) is 0.0278. The molecule has 58 heavy (non-hydrogen) atoms. The molecule has 0 fully saturated rings. The van der Waals surface area contributed by atoms with Crippen LogP contribution in [0.25, 0.3) is 0 Å². The third-order valence-corrected chi connectivity index (χ3v) is 8.75. The molecular weight excluding hydrogens is 1710 g/mol. The molecular formula is C21H15Bi4N3O24S6. The maximum atomic E-state index is 11.1. The van der Waals surface area contributed by atoms with Crippen LogP contribution in [0.1, 0.15) is 16.7 Å². The zero-order chi connectivity index (χ0) is 39.8. The van der Waals surface area contributed by atoms with Crippen molar-refractivity contribution in [3.05, 3.63) is 89.5 Å². The molecule has 3 aliphatic heterocycles. The van der Waals surface area contributed by atoms with E-state index in [1.807, 2.05) is 0 Å². The van der Waals surface area contributed by atoms with Crippen molar-refractivity contribution in [3.63, 3.8) is 0 Å². The van der Waals surface area contributed by atoms with Crippen molar-refractivity contribution in [2.24, 2.45) is 13.2 Å². The molecule has 0 aromatic heterocycles. The molecule has 0 spiro atoms. The molecule has 3 N–H and O–H groups in total. The van der Waals surface area contributed by atoms with Crippen LogP contribution in [-0.4, -0.2) is 217 Å². The Morgan fingerprint density at radius 2 is 0.500 bits per heavy atom. The van der Waals surface area contributed by atoms with Crippen molar-refractivity contribution in [1.29, 1.82) is 0 Å². The molecule has 0 unspecified atom stereocenters. The molecule has 6 rings (SSSR count). The van der Waals surface area contributed by atoms with Gasteiger partial charge in [0.25, 0.3) is 30.1 Å². The Bertz CT molecular complexity index is 2260. The summed E-state index contributed by atoms with van der Waals surface area (Å²) in [5.74, 6) is -2.03. The maximum Gasteiger partial charge on any atom is 3.00 e. The molecule has 0 amide bonds. The number of fused-ring (bicyclic) bond motifs is 3. The molecule has 3 heterocycles. The SMILES string of the molecule is O=S(=O)([O-])[O-].O=S(=O)([O-])[O-].O=S(=O)([O-])[O-].O=S1(=O)N=C([O-])c2ccccc21.O=S1(=O)N=C([O-])c2ccccc21.O=S1(=O)N=C([O-])c2ccccc21.[Bi+3].[Bi+3].[Bi+3].[Bi+3].[OH-].[OH-].[OH-]. The van der Waals surface area contributed by atoms with Crippen LogP contribution >= 0.6 is 0 Å². The van der Waals surface area contributed by atoms with Gasteiger partial charge in [0.2, 0.25) is 0 Å². The Labute approximate surface area is 405 Å². The van der Waals surface area contributed by atoms with Crippen LogP contribution in [0, 0.1) is 0 Å². The van der Waals surface area contributed by atoms with E-state index in [9.17, 15) is 40.6 Å². The Balaban J connectivity index is -0.000000110. The molecule has 0 saturated carbocycles. The minimum Gasteiger partial charge on any atom is -0.870 e. The number of hydrogen-bond donors (Lipinski definition) is 0. The second kappa shape index (κ2) is 28.5. The molecule has 0 bridgehead atoms. The number of nitrogens with zero attached hydrogens (tertiary/aromatic N) is 3. The maximum absolute atomic E-state index is 11.1. The van der Waals surface area contributed by atoms with Gasteiger partial charge >= 0.3 is 105 Å². The van der Waals surface area contributed by atoms with Gasteiger partial charge < -0.3 is 59.1 Å². The molecule has 314 valence electrons. The quantitative estimate of drug-likeness (QED) is 0.115. The topological polar surface area (TPSA) is 539 Å². The molecule has 27 nitrogen and oxygen atoms in total. The van der Waals surface area contributed by atoms with Crippen molar-refractivity contribution in [2.75, 3.05) is 0 Å². The van der Waals surface area contributed by atoms with Crippen LogP contribution in [0.4, 0.5) is 0 Å². The molecule has 3 aliphatic rings. The second-order valence-corrected chi connectivity index (χ2v) is 15.5. The normalized spacial score (nSPS) is 14.5. The summed E-state index contributed by atoms with van der Waals surface area (Å²) in [6, 6.07) is 18.0. The number of sulfonamides is 3. The van der Waals surface area contributed by atoms with E-state index in [0.717, 1.165) is 0 Å². The third-order valence-electron chi connectivity index (χ3n) is 4.80. The van der Waals surface area contributed by atoms with Gasteiger partial charge in [-0.15, -0.1) is 0 Å². The Hall–Kier alpha value is -1.06. The number of rotatable bonds is 0. The van der Waals surface area contributed by atoms with Crippen molar-refractivity contribution < 1.29 is 110 Å². The Kier molecular flexibility index (Phi) is 35.1. The fraction of sp³-hybridized carbons (Fsp3) is 0. The van der Waals surface area contributed by atoms with Crippen LogP contribution in [0.5, 0.6) is 0 Å². The van der Waals surface area contributed by atoms with Crippen molar-refractivity contribution in [3.8, 4) is 0 Å². The first kappa shape index (κ1) is 71.4. The van der Waals surface area contributed by atoms with E-state index in [1.165, 1.54) is 36.4 Å². The van der Waals surface area contributed by atoms with Gasteiger partial charge in [0.05, 0.1) is 14.7 Å². The van der Waals surface area contributed by atoms with E-state index < -0.39 is 79.0 Å². The first-order chi connectivity index (χ1) is 22.8. The summed E-state index contributed by atoms with van der Waals surface area (Å²) in [7, 11) is -26.5. The van der Waals surface area contributed by atoms with Gasteiger partial charge in [-0.2, -0.15) is 38.4 Å². The fourth-order valence-corrected chi connectivity index (χ4v) is 6.52. The average Bonchev–Trinajstić information content (AvgIpc) is 3.43. The van der Waals surface area contributed by atoms with Crippen LogP contribution in [-0.2, 0) is 61.3 Å². The number of hydrogen-bond acceptors (Lipinski definition) is 24. The van der Waals surface area contributed by atoms with E-state index in [2.05, 4.69) is 13.2 Å². The molecule has 0 aliphatic carbocycles. The monoisotopic (exact) mass is 1720 g/mol. The van der Waals surface area contributed by atoms with E-state index in [4.69, 9.17) is 52.6 Å².